The number of hydrogen-bond donors (Lipinski definition) is 0. The fourth-order valence-corrected chi connectivity index (χ4v) is 3.21. The molecule has 0 N–H and O–H groups in total. The van der Waals surface area contributed by atoms with E-state index >= 15 is 0 Å². The number of methoxy groups -OCH3 is 1. The Balaban J connectivity index is 1.95. The van der Waals surface area contributed by atoms with Crippen LogP contribution in [-0.4, -0.2) is 54.9 Å². The summed E-state index contributed by atoms with van der Waals surface area (Å²) in [5.74, 6) is 1.54. The first-order chi connectivity index (χ1) is 12.0. The molecular formula is C20H30N2O3. The van der Waals surface area contributed by atoms with Gasteiger partial charge in [-0.2, -0.15) is 0 Å². The van der Waals surface area contributed by atoms with E-state index in [1.54, 1.807) is 7.11 Å². The van der Waals surface area contributed by atoms with Crippen molar-refractivity contribution in [3.8, 4) is 5.75 Å². The molecule has 25 heavy (non-hydrogen) atoms. The molecule has 1 saturated heterocycles. The van der Waals surface area contributed by atoms with Gasteiger partial charge in [0.25, 0.3) is 0 Å². The topological polar surface area (TPSA) is 49.9 Å². The summed E-state index contributed by atoms with van der Waals surface area (Å²) in [6, 6.07) is 5.98. The van der Waals surface area contributed by atoms with E-state index in [0.29, 0.717) is 44.9 Å². The van der Waals surface area contributed by atoms with Crippen LogP contribution >= 0.6 is 0 Å². The summed E-state index contributed by atoms with van der Waals surface area (Å²) in [6.45, 7) is 8.79. The van der Waals surface area contributed by atoms with Gasteiger partial charge < -0.3 is 14.5 Å². The van der Waals surface area contributed by atoms with Crippen LogP contribution in [0.2, 0.25) is 0 Å². The van der Waals surface area contributed by atoms with Gasteiger partial charge in [-0.3, -0.25) is 9.59 Å². The van der Waals surface area contributed by atoms with Crippen LogP contribution in [0.3, 0.4) is 0 Å². The predicted molar refractivity (Wildman–Crippen MR) is 98.9 cm³/mol. The number of hydrogen-bond acceptors (Lipinski definition) is 3. The van der Waals surface area contributed by atoms with Crippen LogP contribution in [0.5, 0.6) is 5.75 Å². The van der Waals surface area contributed by atoms with Gasteiger partial charge in [0, 0.05) is 32.6 Å². The van der Waals surface area contributed by atoms with Crippen LogP contribution in [0, 0.1) is 0 Å². The minimum absolute atomic E-state index is 0.127. The van der Waals surface area contributed by atoms with Crippen molar-refractivity contribution in [1.29, 1.82) is 0 Å². The Morgan fingerprint density at radius 3 is 2.20 bits per heavy atom. The fraction of sp³-hybridized carbons (Fsp3) is 0.600. The number of ether oxygens (including phenoxy) is 1. The average Bonchev–Trinajstić information content (AvgIpc) is 2.61. The molecule has 2 rings (SSSR count). The molecule has 0 unspecified atom stereocenters. The highest BCUT2D eigenvalue weighted by Gasteiger charge is 2.23. The molecular weight excluding hydrogens is 316 g/mol. The van der Waals surface area contributed by atoms with Crippen molar-refractivity contribution in [3.05, 3.63) is 29.3 Å². The fourth-order valence-electron chi connectivity index (χ4n) is 3.21. The van der Waals surface area contributed by atoms with Crippen molar-refractivity contribution >= 4 is 11.8 Å². The molecule has 138 valence electrons. The number of nitrogens with zero attached hydrogens (tertiary/aromatic N) is 2. The Hall–Kier alpha value is -2.04. The largest absolute Gasteiger partial charge is 0.496 e. The molecule has 0 radical (unpaired) electrons. The molecule has 1 aromatic carbocycles. The predicted octanol–water partition coefficient (Wildman–Crippen LogP) is 2.83. The Labute approximate surface area is 150 Å². The molecule has 5 nitrogen and oxygen atoms in total. The number of benzene rings is 1. The van der Waals surface area contributed by atoms with Crippen LogP contribution in [-0.2, 0) is 16.0 Å². The Bertz CT molecular complexity index is 605. The highest BCUT2D eigenvalue weighted by atomic mass is 16.5. The lowest BCUT2D eigenvalue weighted by Crippen LogP contribution is -2.50. The molecule has 0 saturated carbocycles. The normalized spacial score (nSPS) is 14.8. The zero-order chi connectivity index (χ0) is 18.4. The summed E-state index contributed by atoms with van der Waals surface area (Å²) in [5.41, 5.74) is 2.14. The van der Waals surface area contributed by atoms with E-state index in [2.05, 4.69) is 19.9 Å². The van der Waals surface area contributed by atoms with E-state index in [9.17, 15) is 9.59 Å². The van der Waals surface area contributed by atoms with Gasteiger partial charge in [0.15, 0.2) is 0 Å². The maximum absolute atomic E-state index is 12.6. The lowest BCUT2D eigenvalue weighted by Gasteiger charge is -2.35. The van der Waals surface area contributed by atoms with Crippen molar-refractivity contribution in [2.75, 3.05) is 33.3 Å². The molecule has 5 heteroatoms. The van der Waals surface area contributed by atoms with Crippen LogP contribution in [0.15, 0.2) is 18.2 Å². The average molecular weight is 346 g/mol. The molecule has 2 amide bonds. The maximum atomic E-state index is 12.6. The quantitative estimate of drug-likeness (QED) is 0.796. The van der Waals surface area contributed by atoms with E-state index < -0.39 is 0 Å². The first-order valence-corrected chi connectivity index (χ1v) is 9.18. The number of amides is 2. The highest BCUT2D eigenvalue weighted by Crippen LogP contribution is 2.27. The monoisotopic (exact) mass is 346 g/mol. The standard InChI is InChI=1S/C20H30N2O3/c1-5-6-19(23)21-9-11-22(12-10-21)20(24)14-16-7-8-18(25-4)17(13-16)15(2)3/h7-8,13,15H,5-6,9-12,14H2,1-4H3. The summed E-state index contributed by atoms with van der Waals surface area (Å²) >= 11 is 0. The number of carbonyl (C=O) groups excluding carboxylic acids is 2. The van der Waals surface area contributed by atoms with Crippen molar-refractivity contribution in [2.45, 2.75) is 46.0 Å². The summed E-state index contributed by atoms with van der Waals surface area (Å²) < 4.78 is 5.40. The number of rotatable bonds is 6. The summed E-state index contributed by atoms with van der Waals surface area (Å²) in [4.78, 5) is 28.3. The van der Waals surface area contributed by atoms with Gasteiger partial charge in [0.2, 0.25) is 11.8 Å². The van der Waals surface area contributed by atoms with E-state index in [1.807, 2.05) is 28.9 Å². The molecule has 1 fully saturated rings. The van der Waals surface area contributed by atoms with Crippen molar-refractivity contribution in [1.82, 2.24) is 9.80 Å². The van der Waals surface area contributed by atoms with Crippen LogP contribution in [0.1, 0.15) is 50.7 Å². The van der Waals surface area contributed by atoms with Gasteiger partial charge in [-0.25, -0.2) is 0 Å². The summed E-state index contributed by atoms with van der Waals surface area (Å²) in [7, 11) is 1.67. The Morgan fingerprint density at radius 2 is 1.68 bits per heavy atom. The van der Waals surface area contributed by atoms with Crippen molar-refractivity contribution in [3.63, 3.8) is 0 Å². The maximum Gasteiger partial charge on any atom is 0.227 e. The van der Waals surface area contributed by atoms with E-state index in [-0.39, 0.29) is 11.8 Å². The summed E-state index contributed by atoms with van der Waals surface area (Å²) in [5, 5.41) is 0. The first kappa shape index (κ1) is 19.3. The molecule has 1 aliphatic heterocycles. The molecule has 0 aliphatic carbocycles. The third-order valence-corrected chi connectivity index (χ3v) is 4.72. The molecule has 1 heterocycles. The zero-order valence-corrected chi connectivity index (χ0v) is 15.9. The zero-order valence-electron chi connectivity index (χ0n) is 15.9. The lowest BCUT2D eigenvalue weighted by atomic mass is 9.98. The van der Waals surface area contributed by atoms with Crippen LogP contribution < -0.4 is 4.74 Å². The van der Waals surface area contributed by atoms with Gasteiger partial charge in [0.05, 0.1) is 13.5 Å². The van der Waals surface area contributed by atoms with Gasteiger partial charge >= 0.3 is 0 Å². The Kier molecular flexibility index (Phi) is 6.85. The van der Waals surface area contributed by atoms with Crippen molar-refractivity contribution in [2.24, 2.45) is 0 Å². The van der Waals surface area contributed by atoms with E-state index in [0.717, 1.165) is 23.3 Å². The minimum Gasteiger partial charge on any atom is -0.496 e. The second-order valence-electron chi connectivity index (χ2n) is 6.92. The van der Waals surface area contributed by atoms with Gasteiger partial charge in [-0.15, -0.1) is 0 Å². The van der Waals surface area contributed by atoms with Gasteiger partial charge in [-0.05, 0) is 29.5 Å². The minimum atomic E-state index is 0.127. The third kappa shape index (κ3) is 4.97. The molecule has 1 aromatic rings. The smallest absolute Gasteiger partial charge is 0.227 e. The molecule has 0 spiro atoms. The van der Waals surface area contributed by atoms with Crippen LogP contribution in [0.4, 0.5) is 0 Å². The molecule has 0 aromatic heterocycles. The van der Waals surface area contributed by atoms with Gasteiger partial charge in [-0.1, -0.05) is 32.9 Å². The van der Waals surface area contributed by atoms with E-state index in [1.165, 1.54) is 0 Å². The first-order valence-electron chi connectivity index (χ1n) is 9.18. The van der Waals surface area contributed by atoms with Crippen molar-refractivity contribution < 1.29 is 14.3 Å². The second-order valence-corrected chi connectivity index (χ2v) is 6.92. The van der Waals surface area contributed by atoms with Gasteiger partial charge in [0.1, 0.15) is 5.75 Å². The number of piperazine rings is 1. The lowest BCUT2D eigenvalue weighted by molar-refractivity contribution is -0.139. The SMILES string of the molecule is CCCC(=O)N1CCN(C(=O)Cc2ccc(OC)c(C(C)C)c2)CC1. The highest BCUT2D eigenvalue weighted by molar-refractivity contribution is 5.80. The molecule has 1 aliphatic rings. The molecule has 0 atom stereocenters. The number of carbonyl (C=O) groups is 2. The molecule has 0 bridgehead atoms. The van der Waals surface area contributed by atoms with E-state index in [4.69, 9.17) is 4.74 Å². The third-order valence-electron chi connectivity index (χ3n) is 4.72. The Morgan fingerprint density at radius 1 is 1.08 bits per heavy atom. The summed E-state index contributed by atoms with van der Waals surface area (Å²) in [6.07, 6.45) is 1.86. The second kappa shape index (κ2) is 8.88. The van der Waals surface area contributed by atoms with Crippen LogP contribution in [0.25, 0.3) is 0 Å².